The largest absolute Gasteiger partial charge is 0.464 e. The Labute approximate surface area is 235 Å². The minimum absolute atomic E-state index is 0.367. The highest BCUT2D eigenvalue weighted by atomic mass is 32.1. The van der Waals surface area contributed by atoms with Gasteiger partial charge in [0.25, 0.3) is 0 Å². The normalized spacial score (nSPS) is 15.8. The number of rotatable bonds is 27. The highest BCUT2D eigenvalue weighted by Crippen LogP contribution is 2.30. The number of thiol groups is 1. The van der Waals surface area contributed by atoms with Crippen molar-refractivity contribution in [2.45, 2.75) is 166 Å². The molecule has 0 radical (unpaired) electrons. The number of methoxy groups -OCH3 is 1. The van der Waals surface area contributed by atoms with Crippen molar-refractivity contribution in [3.8, 4) is 0 Å². The summed E-state index contributed by atoms with van der Waals surface area (Å²) in [6, 6.07) is 0. The zero-order chi connectivity index (χ0) is 27.8. The summed E-state index contributed by atoms with van der Waals surface area (Å²) >= 11 is 4.65. The zero-order valence-electron chi connectivity index (χ0n) is 24.3. The molecule has 0 aliphatic rings. The van der Waals surface area contributed by atoms with Gasteiger partial charge in [-0.3, -0.25) is 4.57 Å². The molecule has 0 fully saturated rings. The fourth-order valence-corrected chi connectivity index (χ4v) is 5.42. The third-order valence-corrected chi connectivity index (χ3v) is 7.85. The van der Waals surface area contributed by atoms with Gasteiger partial charge in [-0.1, -0.05) is 136 Å². The number of esters is 1. The smallest absolute Gasteiger partial charge is 0.379 e. The molecule has 0 saturated heterocycles. The molecule has 0 aliphatic carbocycles. The van der Waals surface area contributed by atoms with Crippen LogP contribution in [0.3, 0.4) is 0 Å². The van der Waals surface area contributed by atoms with E-state index in [1.165, 1.54) is 103 Å². The molecule has 37 heavy (non-hydrogen) atoms. The molecule has 0 saturated carbocycles. The van der Waals surface area contributed by atoms with E-state index < -0.39 is 31.7 Å². The Bertz CT molecular complexity index is 552. The molecule has 220 valence electrons. The van der Waals surface area contributed by atoms with Crippen molar-refractivity contribution >= 4 is 27.1 Å². The van der Waals surface area contributed by atoms with Crippen molar-refractivity contribution < 1.29 is 28.7 Å². The van der Waals surface area contributed by atoms with E-state index in [1.807, 2.05) is 0 Å². The number of carbonyl (C=O) groups is 1. The molecule has 0 aromatic rings. The Morgan fingerprint density at radius 2 is 1.24 bits per heavy atom. The van der Waals surface area contributed by atoms with Crippen molar-refractivity contribution in [1.29, 1.82) is 0 Å². The SMILES string of the molecule is CCCCCCCCCCCCCC(CCCCCCC)CC(S)OC(CC)OC(O)(P=O)C(=O)OC. The Morgan fingerprint density at radius 3 is 1.62 bits per heavy atom. The van der Waals surface area contributed by atoms with Crippen LogP contribution in [0.2, 0.25) is 0 Å². The van der Waals surface area contributed by atoms with Gasteiger partial charge in [-0.25, -0.2) is 4.79 Å². The van der Waals surface area contributed by atoms with Gasteiger partial charge in [-0.05, 0) is 18.8 Å². The molecule has 0 aromatic carbocycles. The second kappa shape index (κ2) is 24.8. The van der Waals surface area contributed by atoms with Crippen LogP contribution in [-0.4, -0.2) is 35.4 Å². The third kappa shape index (κ3) is 19.5. The van der Waals surface area contributed by atoms with Crippen molar-refractivity contribution in [1.82, 2.24) is 0 Å². The number of ether oxygens (including phenoxy) is 3. The Balaban J connectivity index is 4.53. The van der Waals surface area contributed by atoms with Crippen LogP contribution >= 0.6 is 21.1 Å². The molecule has 8 heteroatoms. The van der Waals surface area contributed by atoms with E-state index in [-0.39, 0.29) is 0 Å². The molecule has 0 spiro atoms. The lowest BCUT2D eigenvalue weighted by atomic mass is 9.91. The standard InChI is InChI=1S/C29H57O6PS/c1-5-8-10-12-13-14-15-16-17-19-21-23-25(22-20-18-11-9-6-2)24-27(37)34-26(7-3)35-29(31,36-32)28(30)33-4/h25-27,31,37H,5-24H2,1-4H3. The molecule has 0 aromatic heterocycles. The maximum absolute atomic E-state index is 11.8. The minimum atomic E-state index is -2.57. The van der Waals surface area contributed by atoms with E-state index in [0.29, 0.717) is 12.3 Å². The van der Waals surface area contributed by atoms with Crippen LogP contribution < -0.4 is 0 Å². The molecule has 4 atom stereocenters. The lowest BCUT2D eigenvalue weighted by molar-refractivity contribution is -0.257. The Kier molecular flexibility index (Phi) is 24.7. The maximum atomic E-state index is 11.8. The molecule has 0 rings (SSSR count). The summed E-state index contributed by atoms with van der Waals surface area (Å²) in [5, 5.41) is 10.2. The Morgan fingerprint density at radius 1 is 0.811 bits per heavy atom. The van der Waals surface area contributed by atoms with Gasteiger partial charge in [0.15, 0.2) is 6.29 Å². The van der Waals surface area contributed by atoms with Crippen LogP contribution in [0, 0.1) is 5.92 Å². The van der Waals surface area contributed by atoms with Crippen LogP contribution in [0.15, 0.2) is 0 Å². The summed E-state index contributed by atoms with van der Waals surface area (Å²) in [6.45, 7) is 6.30. The topological polar surface area (TPSA) is 82.1 Å². The molecule has 1 N–H and O–H groups in total. The first-order chi connectivity index (χ1) is 17.9. The lowest BCUT2D eigenvalue weighted by Gasteiger charge is -2.28. The monoisotopic (exact) mass is 564 g/mol. The molecular formula is C29H57O6PS. The van der Waals surface area contributed by atoms with Gasteiger partial charge in [-0.15, -0.1) is 12.6 Å². The van der Waals surface area contributed by atoms with E-state index in [9.17, 15) is 14.5 Å². The average molecular weight is 565 g/mol. The van der Waals surface area contributed by atoms with Gasteiger partial charge in [0.2, 0.25) is 8.46 Å². The first-order valence-electron chi connectivity index (χ1n) is 15.0. The molecule has 0 aliphatic heterocycles. The number of hydrogen-bond acceptors (Lipinski definition) is 7. The van der Waals surface area contributed by atoms with Gasteiger partial charge in [0.05, 0.1) is 7.11 Å². The van der Waals surface area contributed by atoms with Gasteiger partial charge < -0.3 is 19.3 Å². The van der Waals surface area contributed by atoms with E-state index >= 15 is 0 Å². The second-order valence-electron chi connectivity index (χ2n) is 10.4. The van der Waals surface area contributed by atoms with Crippen LogP contribution in [0.25, 0.3) is 0 Å². The Hall–Kier alpha value is -0.200. The minimum Gasteiger partial charge on any atom is -0.464 e. The van der Waals surface area contributed by atoms with Crippen LogP contribution in [0.5, 0.6) is 0 Å². The second-order valence-corrected chi connectivity index (χ2v) is 11.7. The average Bonchev–Trinajstić information content (AvgIpc) is 2.90. The van der Waals surface area contributed by atoms with Crippen molar-refractivity contribution in [2.24, 2.45) is 5.92 Å². The van der Waals surface area contributed by atoms with E-state index in [4.69, 9.17) is 9.47 Å². The summed E-state index contributed by atoms with van der Waals surface area (Å²) in [7, 11) is 0.209. The molecule has 4 unspecified atom stereocenters. The molecule has 0 bridgehead atoms. The summed E-state index contributed by atoms with van der Waals surface area (Å²) in [6.07, 6.45) is 23.6. The van der Waals surface area contributed by atoms with Crippen LogP contribution in [0.1, 0.15) is 149 Å². The third-order valence-electron chi connectivity index (χ3n) is 6.98. The molecule has 6 nitrogen and oxygen atoms in total. The van der Waals surface area contributed by atoms with Crippen LogP contribution in [-0.2, 0) is 23.6 Å². The summed E-state index contributed by atoms with van der Waals surface area (Å²) in [5.74, 6) is -0.610. The van der Waals surface area contributed by atoms with Gasteiger partial charge in [0, 0.05) is 0 Å². The summed E-state index contributed by atoms with van der Waals surface area (Å²) in [5.41, 5.74) is -2.97. The predicted octanol–water partition coefficient (Wildman–Crippen LogP) is 9.19. The van der Waals surface area contributed by atoms with Crippen LogP contribution in [0.4, 0.5) is 0 Å². The number of unbranched alkanes of at least 4 members (excludes halogenated alkanes) is 14. The summed E-state index contributed by atoms with van der Waals surface area (Å²) < 4.78 is 27.1. The van der Waals surface area contributed by atoms with Crippen molar-refractivity contribution in [2.75, 3.05) is 7.11 Å². The molecule has 0 amide bonds. The molecular weight excluding hydrogens is 507 g/mol. The first kappa shape index (κ1) is 36.8. The van der Waals surface area contributed by atoms with E-state index in [0.717, 1.165) is 26.4 Å². The van der Waals surface area contributed by atoms with Gasteiger partial charge >= 0.3 is 11.5 Å². The lowest BCUT2D eigenvalue weighted by Crippen LogP contribution is -2.41. The number of carbonyl (C=O) groups excluding carboxylic acids is 1. The maximum Gasteiger partial charge on any atom is 0.379 e. The number of hydrogen-bond donors (Lipinski definition) is 2. The summed E-state index contributed by atoms with van der Waals surface area (Å²) in [4.78, 5) is 11.8. The quantitative estimate of drug-likeness (QED) is 0.0340. The highest BCUT2D eigenvalue weighted by Gasteiger charge is 2.43. The fraction of sp³-hybridized carbons (Fsp3) is 0.966. The highest BCUT2D eigenvalue weighted by molar-refractivity contribution is 7.80. The molecule has 0 heterocycles. The first-order valence-corrected chi connectivity index (χ1v) is 16.4. The predicted molar refractivity (Wildman–Crippen MR) is 156 cm³/mol. The van der Waals surface area contributed by atoms with E-state index in [2.05, 4.69) is 31.2 Å². The van der Waals surface area contributed by atoms with Gasteiger partial charge in [-0.2, -0.15) is 0 Å². The zero-order valence-corrected chi connectivity index (χ0v) is 26.0. The van der Waals surface area contributed by atoms with Crippen molar-refractivity contribution in [3.63, 3.8) is 0 Å². The van der Waals surface area contributed by atoms with E-state index in [1.54, 1.807) is 6.92 Å². The number of aliphatic hydroxyl groups is 1. The van der Waals surface area contributed by atoms with Crippen molar-refractivity contribution in [3.05, 3.63) is 0 Å². The van der Waals surface area contributed by atoms with Gasteiger partial charge in [0.1, 0.15) is 5.44 Å². The fourth-order valence-electron chi connectivity index (χ4n) is 4.66.